The maximum atomic E-state index is 5.91. The van der Waals surface area contributed by atoms with Crippen LogP contribution in [0.5, 0.6) is 0 Å². The molecule has 1 fully saturated rings. The second-order valence-corrected chi connectivity index (χ2v) is 6.60. The summed E-state index contributed by atoms with van der Waals surface area (Å²) in [5, 5.41) is 0. The van der Waals surface area contributed by atoms with E-state index >= 15 is 0 Å². The van der Waals surface area contributed by atoms with E-state index in [4.69, 9.17) is 5.73 Å². The zero-order chi connectivity index (χ0) is 13.7. The van der Waals surface area contributed by atoms with Crippen molar-refractivity contribution in [2.24, 2.45) is 29.4 Å². The van der Waals surface area contributed by atoms with Gasteiger partial charge in [-0.3, -0.25) is 0 Å². The average Bonchev–Trinajstić information content (AvgIpc) is 2.28. The second-order valence-electron chi connectivity index (χ2n) is 6.60. The summed E-state index contributed by atoms with van der Waals surface area (Å²) in [6, 6.07) is 0.211. The molecule has 1 nitrogen and oxygen atoms in total. The van der Waals surface area contributed by atoms with Crippen molar-refractivity contribution < 1.29 is 0 Å². The lowest BCUT2D eigenvalue weighted by molar-refractivity contribution is 0.0983. The van der Waals surface area contributed by atoms with Crippen LogP contribution in [-0.4, -0.2) is 6.04 Å². The zero-order valence-electron chi connectivity index (χ0n) is 13.1. The molecule has 0 bridgehead atoms. The maximum Gasteiger partial charge on any atom is 0.0222 e. The van der Waals surface area contributed by atoms with Crippen LogP contribution in [0.1, 0.15) is 66.7 Å². The first-order valence-electron chi connectivity index (χ1n) is 7.89. The van der Waals surface area contributed by atoms with Crippen LogP contribution in [0, 0.1) is 23.7 Å². The Labute approximate surface area is 114 Å². The van der Waals surface area contributed by atoms with Gasteiger partial charge >= 0.3 is 0 Å². The molecule has 0 saturated heterocycles. The van der Waals surface area contributed by atoms with Gasteiger partial charge in [-0.25, -0.2) is 0 Å². The molecule has 0 heterocycles. The Morgan fingerprint density at radius 1 is 1.22 bits per heavy atom. The van der Waals surface area contributed by atoms with E-state index in [2.05, 4.69) is 40.7 Å². The van der Waals surface area contributed by atoms with Crippen molar-refractivity contribution >= 4 is 0 Å². The summed E-state index contributed by atoms with van der Waals surface area (Å²) in [5.74, 6) is 3.59. The van der Waals surface area contributed by atoms with Crippen LogP contribution in [0.25, 0.3) is 0 Å². The summed E-state index contributed by atoms with van der Waals surface area (Å²) in [5.41, 5.74) is 7.26. The first-order chi connectivity index (χ1) is 8.47. The van der Waals surface area contributed by atoms with Crippen LogP contribution in [0.2, 0.25) is 0 Å². The van der Waals surface area contributed by atoms with Gasteiger partial charge in [0, 0.05) is 6.04 Å². The molecule has 1 aliphatic rings. The minimum Gasteiger partial charge on any atom is -0.324 e. The van der Waals surface area contributed by atoms with Crippen LogP contribution in [0.4, 0.5) is 0 Å². The average molecular weight is 251 g/mol. The summed E-state index contributed by atoms with van der Waals surface area (Å²) >= 11 is 0. The molecule has 1 aliphatic carbocycles. The molecule has 4 unspecified atom stereocenters. The van der Waals surface area contributed by atoms with Gasteiger partial charge in [-0.2, -0.15) is 0 Å². The van der Waals surface area contributed by atoms with Crippen molar-refractivity contribution in [3.63, 3.8) is 0 Å². The van der Waals surface area contributed by atoms with E-state index < -0.39 is 0 Å². The molecule has 2 N–H and O–H groups in total. The van der Waals surface area contributed by atoms with Gasteiger partial charge in [-0.15, -0.1) is 0 Å². The molecule has 0 spiro atoms. The Bertz CT molecular complexity index is 258. The Morgan fingerprint density at radius 3 is 2.22 bits per heavy atom. The summed E-state index contributed by atoms with van der Waals surface area (Å²) in [7, 11) is 0. The van der Waals surface area contributed by atoms with E-state index in [-0.39, 0.29) is 6.04 Å². The lowest BCUT2D eigenvalue weighted by Crippen LogP contribution is -2.32. The molecule has 106 valence electrons. The zero-order valence-corrected chi connectivity index (χ0v) is 13.1. The second kappa shape index (κ2) is 7.33. The smallest absolute Gasteiger partial charge is 0.0222 e. The molecular weight excluding hydrogens is 218 g/mol. The molecule has 0 amide bonds. The van der Waals surface area contributed by atoms with Crippen molar-refractivity contribution in [3.8, 4) is 0 Å². The Hall–Kier alpha value is -0.300. The van der Waals surface area contributed by atoms with E-state index in [0.717, 1.165) is 23.7 Å². The highest BCUT2D eigenvalue weighted by Crippen LogP contribution is 2.43. The number of hydrogen-bond donors (Lipinski definition) is 1. The van der Waals surface area contributed by atoms with Gasteiger partial charge < -0.3 is 5.73 Å². The summed E-state index contributed by atoms with van der Waals surface area (Å²) in [6.45, 7) is 11.5. The first-order valence-corrected chi connectivity index (χ1v) is 7.89. The van der Waals surface area contributed by atoms with Crippen LogP contribution >= 0.6 is 0 Å². The highest BCUT2D eigenvalue weighted by Gasteiger charge is 2.33. The van der Waals surface area contributed by atoms with E-state index in [1.165, 1.54) is 37.7 Å². The van der Waals surface area contributed by atoms with Crippen LogP contribution in [0.15, 0.2) is 11.6 Å². The lowest BCUT2D eigenvalue weighted by atomic mass is 9.65. The number of hydrogen-bond acceptors (Lipinski definition) is 1. The van der Waals surface area contributed by atoms with E-state index in [0.29, 0.717) is 0 Å². The summed E-state index contributed by atoms with van der Waals surface area (Å²) in [6.07, 6.45) is 9.30. The predicted octanol–water partition coefficient (Wildman–Crippen LogP) is 4.77. The standard InChI is InChI=1S/C17H33N/c1-6-12(2)17(16-8-7-9-16)14(4)11-10-13(3)15(5)18/h10,12,14-17H,6-9,11,18H2,1-5H3/b13-10+. The van der Waals surface area contributed by atoms with E-state index in [1.54, 1.807) is 0 Å². The Balaban J connectivity index is 2.59. The number of rotatable bonds is 7. The number of allylic oxidation sites excluding steroid dienone is 1. The molecular formula is C17H33N. The van der Waals surface area contributed by atoms with Crippen LogP contribution < -0.4 is 5.73 Å². The minimum atomic E-state index is 0.211. The largest absolute Gasteiger partial charge is 0.324 e. The molecule has 0 radical (unpaired) electrons. The molecule has 18 heavy (non-hydrogen) atoms. The third-order valence-corrected chi connectivity index (χ3v) is 5.18. The highest BCUT2D eigenvalue weighted by atomic mass is 14.6. The molecule has 0 aromatic carbocycles. The van der Waals surface area contributed by atoms with Gasteiger partial charge in [0.2, 0.25) is 0 Å². The van der Waals surface area contributed by atoms with Crippen molar-refractivity contribution in [3.05, 3.63) is 11.6 Å². The summed E-state index contributed by atoms with van der Waals surface area (Å²) in [4.78, 5) is 0. The predicted molar refractivity (Wildman–Crippen MR) is 81.5 cm³/mol. The third kappa shape index (κ3) is 4.12. The monoisotopic (exact) mass is 251 g/mol. The first kappa shape index (κ1) is 15.8. The van der Waals surface area contributed by atoms with Crippen molar-refractivity contribution in [1.82, 2.24) is 0 Å². The Kier molecular flexibility index (Phi) is 6.42. The fourth-order valence-corrected chi connectivity index (χ4v) is 3.30. The van der Waals surface area contributed by atoms with Crippen molar-refractivity contribution in [1.29, 1.82) is 0 Å². The fourth-order valence-electron chi connectivity index (χ4n) is 3.30. The molecule has 0 aliphatic heterocycles. The minimum absolute atomic E-state index is 0.211. The fraction of sp³-hybridized carbons (Fsp3) is 0.882. The normalized spacial score (nSPS) is 24.2. The van der Waals surface area contributed by atoms with Crippen LogP contribution in [0.3, 0.4) is 0 Å². The summed E-state index contributed by atoms with van der Waals surface area (Å²) < 4.78 is 0. The molecule has 4 atom stereocenters. The van der Waals surface area contributed by atoms with Gasteiger partial charge in [-0.05, 0) is 43.9 Å². The highest BCUT2D eigenvalue weighted by molar-refractivity contribution is 5.05. The quantitative estimate of drug-likeness (QED) is 0.648. The van der Waals surface area contributed by atoms with Gasteiger partial charge in [0.1, 0.15) is 0 Å². The third-order valence-electron chi connectivity index (χ3n) is 5.18. The van der Waals surface area contributed by atoms with Gasteiger partial charge in [0.25, 0.3) is 0 Å². The molecule has 1 heteroatoms. The SMILES string of the molecule is CCC(C)C(C(C)C/C=C(\C)C(C)N)C1CCC1. The van der Waals surface area contributed by atoms with Crippen molar-refractivity contribution in [2.75, 3.05) is 0 Å². The number of nitrogens with two attached hydrogens (primary N) is 1. The lowest BCUT2D eigenvalue weighted by Gasteiger charge is -2.41. The Morgan fingerprint density at radius 2 is 1.83 bits per heavy atom. The maximum absolute atomic E-state index is 5.91. The van der Waals surface area contributed by atoms with Gasteiger partial charge in [0.05, 0.1) is 0 Å². The van der Waals surface area contributed by atoms with E-state index in [9.17, 15) is 0 Å². The molecule has 0 aromatic heterocycles. The topological polar surface area (TPSA) is 26.0 Å². The molecule has 1 rings (SSSR count). The molecule has 1 saturated carbocycles. The van der Waals surface area contributed by atoms with Gasteiger partial charge in [0.15, 0.2) is 0 Å². The van der Waals surface area contributed by atoms with E-state index in [1.807, 2.05) is 0 Å². The van der Waals surface area contributed by atoms with Crippen LogP contribution in [-0.2, 0) is 0 Å². The van der Waals surface area contributed by atoms with Crippen molar-refractivity contribution in [2.45, 2.75) is 72.8 Å². The molecule has 0 aromatic rings. The van der Waals surface area contributed by atoms with Gasteiger partial charge in [-0.1, -0.05) is 58.1 Å².